The smallest absolute Gasteiger partial charge is 0.0921 e. The van der Waals surface area contributed by atoms with Crippen LogP contribution < -0.4 is 0 Å². The van der Waals surface area contributed by atoms with Gasteiger partial charge in [0.25, 0.3) is 0 Å². The second-order valence-corrected chi connectivity index (χ2v) is 5.29. The van der Waals surface area contributed by atoms with Crippen LogP contribution in [0.4, 0.5) is 0 Å². The molecule has 1 aromatic rings. The van der Waals surface area contributed by atoms with Gasteiger partial charge in [0, 0.05) is 13.1 Å². The minimum absolute atomic E-state index is 0.601. The summed E-state index contributed by atoms with van der Waals surface area (Å²) in [6.07, 6.45) is 3.95. The SMILES string of the molecule is CCCc1cccc(C2(O)CCN(C)CC2)c1. The van der Waals surface area contributed by atoms with Crippen molar-refractivity contribution in [3.05, 3.63) is 35.4 Å². The molecule has 0 atom stereocenters. The van der Waals surface area contributed by atoms with Gasteiger partial charge in [-0.15, -0.1) is 0 Å². The van der Waals surface area contributed by atoms with Crippen LogP contribution in [0.5, 0.6) is 0 Å². The van der Waals surface area contributed by atoms with E-state index in [4.69, 9.17) is 0 Å². The summed E-state index contributed by atoms with van der Waals surface area (Å²) in [6.45, 7) is 4.15. The van der Waals surface area contributed by atoms with Crippen LogP contribution in [0.2, 0.25) is 0 Å². The van der Waals surface area contributed by atoms with Crippen molar-refractivity contribution >= 4 is 0 Å². The van der Waals surface area contributed by atoms with Gasteiger partial charge >= 0.3 is 0 Å². The Balaban J connectivity index is 2.17. The van der Waals surface area contributed by atoms with E-state index in [1.165, 1.54) is 5.56 Å². The van der Waals surface area contributed by atoms with Gasteiger partial charge in [-0.2, -0.15) is 0 Å². The van der Waals surface area contributed by atoms with E-state index in [2.05, 4.69) is 43.1 Å². The van der Waals surface area contributed by atoms with Crippen molar-refractivity contribution in [2.75, 3.05) is 20.1 Å². The summed E-state index contributed by atoms with van der Waals surface area (Å²) in [7, 11) is 2.12. The highest BCUT2D eigenvalue weighted by Gasteiger charge is 2.32. The highest BCUT2D eigenvalue weighted by molar-refractivity contribution is 5.29. The van der Waals surface area contributed by atoms with Gasteiger partial charge in [0.2, 0.25) is 0 Å². The second-order valence-electron chi connectivity index (χ2n) is 5.29. The predicted octanol–water partition coefficient (Wildman–Crippen LogP) is 2.55. The number of rotatable bonds is 3. The number of benzene rings is 1. The lowest BCUT2D eigenvalue weighted by Crippen LogP contribution is -2.40. The molecule has 2 nitrogen and oxygen atoms in total. The molecule has 94 valence electrons. The molecule has 0 aliphatic carbocycles. The summed E-state index contributed by atoms with van der Waals surface area (Å²) in [4.78, 5) is 2.28. The first-order valence-electron chi connectivity index (χ1n) is 6.64. The standard InChI is InChI=1S/C15H23NO/c1-3-5-13-6-4-7-14(12-13)15(17)8-10-16(2)11-9-15/h4,6-7,12,17H,3,5,8-11H2,1-2H3. The summed E-state index contributed by atoms with van der Waals surface area (Å²) >= 11 is 0. The van der Waals surface area contributed by atoms with E-state index in [1.807, 2.05) is 0 Å². The highest BCUT2D eigenvalue weighted by atomic mass is 16.3. The van der Waals surface area contributed by atoms with Gasteiger partial charge in [0.05, 0.1) is 5.60 Å². The van der Waals surface area contributed by atoms with E-state index < -0.39 is 5.60 Å². The third-order valence-corrected chi connectivity index (χ3v) is 3.82. The number of piperidine rings is 1. The summed E-state index contributed by atoms with van der Waals surface area (Å²) in [5.41, 5.74) is 1.85. The van der Waals surface area contributed by atoms with E-state index in [0.29, 0.717) is 0 Å². The molecule has 0 unspecified atom stereocenters. The Kier molecular flexibility index (Phi) is 3.85. The van der Waals surface area contributed by atoms with Gasteiger partial charge in [-0.05, 0) is 37.4 Å². The fraction of sp³-hybridized carbons (Fsp3) is 0.600. The Morgan fingerprint density at radius 2 is 2.00 bits per heavy atom. The van der Waals surface area contributed by atoms with Crippen molar-refractivity contribution in [3.63, 3.8) is 0 Å². The molecule has 17 heavy (non-hydrogen) atoms. The topological polar surface area (TPSA) is 23.5 Å². The van der Waals surface area contributed by atoms with Crippen LogP contribution in [0.25, 0.3) is 0 Å². The molecule has 1 N–H and O–H groups in total. The molecule has 0 aromatic heterocycles. The van der Waals surface area contributed by atoms with Gasteiger partial charge in [0.15, 0.2) is 0 Å². The fourth-order valence-electron chi connectivity index (χ4n) is 2.58. The van der Waals surface area contributed by atoms with Crippen LogP contribution in [0.3, 0.4) is 0 Å². The van der Waals surface area contributed by atoms with Crippen molar-refractivity contribution in [3.8, 4) is 0 Å². The Hall–Kier alpha value is -0.860. The van der Waals surface area contributed by atoms with Crippen molar-refractivity contribution < 1.29 is 5.11 Å². The number of aryl methyl sites for hydroxylation is 1. The zero-order chi connectivity index (χ0) is 12.3. The number of nitrogens with zero attached hydrogens (tertiary/aromatic N) is 1. The third kappa shape index (κ3) is 2.88. The normalized spacial score (nSPS) is 20.4. The summed E-state index contributed by atoms with van der Waals surface area (Å²) < 4.78 is 0. The molecule has 1 saturated heterocycles. The van der Waals surface area contributed by atoms with Crippen molar-refractivity contribution in [1.82, 2.24) is 4.90 Å². The minimum Gasteiger partial charge on any atom is -0.385 e. The molecule has 0 bridgehead atoms. The molecule has 1 aromatic carbocycles. The molecule has 1 aliphatic heterocycles. The van der Waals surface area contributed by atoms with E-state index in [9.17, 15) is 5.11 Å². The van der Waals surface area contributed by atoms with Gasteiger partial charge in [0.1, 0.15) is 0 Å². The van der Waals surface area contributed by atoms with E-state index >= 15 is 0 Å². The lowest BCUT2D eigenvalue weighted by Gasteiger charge is -2.37. The number of likely N-dealkylation sites (tertiary alicyclic amines) is 1. The molecule has 2 rings (SSSR count). The Bertz CT molecular complexity index is 367. The van der Waals surface area contributed by atoms with Gasteiger partial charge in [-0.25, -0.2) is 0 Å². The third-order valence-electron chi connectivity index (χ3n) is 3.82. The minimum atomic E-state index is -0.601. The molecule has 2 heteroatoms. The Morgan fingerprint density at radius 1 is 1.29 bits per heavy atom. The largest absolute Gasteiger partial charge is 0.385 e. The molecule has 1 fully saturated rings. The van der Waals surface area contributed by atoms with Crippen LogP contribution in [-0.2, 0) is 12.0 Å². The number of aliphatic hydroxyl groups is 1. The van der Waals surface area contributed by atoms with Crippen molar-refractivity contribution in [2.45, 2.75) is 38.2 Å². The molecular formula is C15H23NO. The average Bonchev–Trinajstić information content (AvgIpc) is 2.34. The second kappa shape index (κ2) is 5.19. The van der Waals surface area contributed by atoms with Crippen LogP contribution >= 0.6 is 0 Å². The van der Waals surface area contributed by atoms with Gasteiger partial charge in [-0.1, -0.05) is 37.6 Å². The molecular weight excluding hydrogens is 210 g/mol. The average molecular weight is 233 g/mol. The maximum Gasteiger partial charge on any atom is 0.0921 e. The summed E-state index contributed by atoms with van der Waals surface area (Å²) in [5.74, 6) is 0. The quantitative estimate of drug-likeness (QED) is 0.867. The molecule has 0 spiro atoms. The Labute approximate surface area is 104 Å². The molecule has 1 heterocycles. The van der Waals surface area contributed by atoms with Crippen molar-refractivity contribution in [1.29, 1.82) is 0 Å². The first kappa shape index (κ1) is 12.6. The summed E-state index contributed by atoms with van der Waals surface area (Å²) in [5, 5.41) is 10.7. The van der Waals surface area contributed by atoms with Gasteiger partial charge in [-0.3, -0.25) is 0 Å². The first-order chi connectivity index (χ1) is 8.14. The first-order valence-corrected chi connectivity index (χ1v) is 6.64. The fourth-order valence-corrected chi connectivity index (χ4v) is 2.58. The Morgan fingerprint density at radius 3 is 2.65 bits per heavy atom. The lowest BCUT2D eigenvalue weighted by atomic mass is 9.83. The van der Waals surface area contributed by atoms with E-state index in [0.717, 1.165) is 44.3 Å². The molecule has 0 saturated carbocycles. The van der Waals surface area contributed by atoms with Crippen LogP contribution in [0.15, 0.2) is 24.3 Å². The van der Waals surface area contributed by atoms with Crippen LogP contribution in [0, 0.1) is 0 Å². The van der Waals surface area contributed by atoms with Gasteiger partial charge < -0.3 is 10.0 Å². The monoisotopic (exact) mass is 233 g/mol. The highest BCUT2D eigenvalue weighted by Crippen LogP contribution is 2.32. The number of hydrogen-bond acceptors (Lipinski definition) is 2. The predicted molar refractivity (Wildman–Crippen MR) is 71.1 cm³/mol. The lowest BCUT2D eigenvalue weighted by molar-refractivity contribution is -0.0203. The van der Waals surface area contributed by atoms with Crippen LogP contribution in [0.1, 0.15) is 37.3 Å². The zero-order valence-corrected chi connectivity index (χ0v) is 10.9. The molecule has 0 amide bonds. The summed E-state index contributed by atoms with van der Waals surface area (Å²) in [6, 6.07) is 8.50. The maximum atomic E-state index is 10.7. The molecule has 1 aliphatic rings. The number of hydrogen-bond donors (Lipinski definition) is 1. The van der Waals surface area contributed by atoms with Crippen LogP contribution in [-0.4, -0.2) is 30.1 Å². The van der Waals surface area contributed by atoms with E-state index in [1.54, 1.807) is 0 Å². The zero-order valence-electron chi connectivity index (χ0n) is 10.9. The molecule has 0 radical (unpaired) electrons. The van der Waals surface area contributed by atoms with Crippen molar-refractivity contribution in [2.24, 2.45) is 0 Å². The maximum absolute atomic E-state index is 10.7. The van der Waals surface area contributed by atoms with E-state index in [-0.39, 0.29) is 0 Å².